The van der Waals surface area contributed by atoms with E-state index in [9.17, 15) is 14.0 Å². The van der Waals surface area contributed by atoms with Crippen LogP contribution >= 0.6 is 0 Å². The fourth-order valence-corrected chi connectivity index (χ4v) is 2.75. The van der Waals surface area contributed by atoms with E-state index in [0.29, 0.717) is 13.0 Å². The molecule has 2 amide bonds. The molecule has 6 nitrogen and oxygen atoms in total. The van der Waals surface area contributed by atoms with Crippen molar-refractivity contribution in [1.82, 2.24) is 20.5 Å². The number of carbonyl (C=O) groups is 2. The smallest absolute Gasteiger partial charge is 0.253 e. The average molecular weight is 308 g/mol. The van der Waals surface area contributed by atoms with Gasteiger partial charge in [-0.2, -0.15) is 0 Å². The summed E-state index contributed by atoms with van der Waals surface area (Å²) in [6, 6.07) is 1.53. The first kappa shape index (κ1) is 16.4. The summed E-state index contributed by atoms with van der Waals surface area (Å²) in [6.07, 6.45) is 4.70. The number of amides is 2. The molecule has 0 unspecified atom stereocenters. The van der Waals surface area contributed by atoms with Crippen LogP contribution in [0.15, 0.2) is 18.5 Å². The van der Waals surface area contributed by atoms with Crippen LogP contribution in [0.1, 0.15) is 29.6 Å². The SMILES string of the molecule is CNC(=O)C[C@H]1CC[C@@H](CNC(=O)c2cncc(F)c2)N1C. The van der Waals surface area contributed by atoms with Gasteiger partial charge in [0, 0.05) is 38.3 Å². The Morgan fingerprint density at radius 2 is 2.09 bits per heavy atom. The third-order valence-electron chi connectivity index (χ3n) is 4.15. The van der Waals surface area contributed by atoms with Crippen molar-refractivity contribution in [3.8, 4) is 0 Å². The molecule has 0 spiro atoms. The van der Waals surface area contributed by atoms with Gasteiger partial charge in [-0.15, -0.1) is 0 Å². The Morgan fingerprint density at radius 1 is 1.36 bits per heavy atom. The number of carbonyl (C=O) groups excluding carboxylic acids is 2. The lowest BCUT2D eigenvalue weighted by Gasteiger charge is -2.25. The van der Waals surface area contributed by atoms with Gasteiger partial charge in [-0.05, 0) is 26.0 Å². The van der Waals surface area contributed by atoms with Gasteiger partial charge < -0.3 is 10.6 Å². The van der Waals surface area contributed by atoms with Crippen molar-refractivity contribution >= 4 is 11.8 Å². The van der Waals surface area contributed by atoms with Crippen LogP contribution in [0.3, 0.4) is 0 Å². The van der Waals surface area contributed by atoms with Crippen LogP contribution in [0, 0.1) is 5.82 Å². The van der Waals surface area contributed by atoms with Gasteiger partial charge in [0.15, 0.2) is 0 Å². The van der Waals surface area contributed by atoms with E-state index in [1.54, 1.807) is 7.05 Å². The van der Waals surface area contributed by atoms with Gasteiger partial charge >= 0.3 is 0 Å². The number of rotatable bonds is 5. The number of halogens is 1. The Hall–Kier alpha value is -2.02. The van der Waals surface area contributed by atoms with Crippen LogP contribution < -0.4 is 10.6 Å². The van der Waals surface area contributed by atoms with E-state index in [1.807, 2.05) is 7.05 Å². The molecule has 2 N–H and O–H groups in total. The number of hydrogen-bond acceptors (Lipinski definition) is 4. The van der Waals surface area contributed by atoms with Crippen LogP contribution in [0.5, 0.6) is 0 Å². The van der Waals surface area contributed by atoms with Crippen molar-refractivity contribution in [2.24, 2.45) is 0 Å². The monoisotopic (exact) mass is 308 g/mol. The maximum atomic E-state index is 13.0. The Kier molecular flexibility index (Phi) is 5.43. The lowest BCUT2D eigenvalue weighted by atomic mass is 10.1. The molecule has 0 saturated carbocycles. The molecule has 0 aliphatic carbocycles. The Balaban J connectivity index is 1.84. The third-order valence-corrected chi connectivity index (χ3v) is 4.15. The molecule has 1 aromatic heterocycles. The maximum absolute atomic E-state index is 13.0. The standard InChI is InChI=1S/C15H21FN4O2/c1-17-14(21)6-12-3-4-13(20(12)2)9-19-15(22)10-5-11(16)8-18-7-10/h5,7-8,12-13H,3-4,6,9H2,1-2H3,(H,17,21)(H,19,22)/t12-,13+/m1/s1. The number of likely N-dealkylation sites (N-methyl/N-ethyl adjacent to an activating group) is 1. The maximum Gasteiger partial charge on any atom is 0.253 e. The quantitative estimate of drug-likeness (QED) is 0.833. The fraction of sp³-hybridized carbons (Fsp3) is 0.533. The molecule has 1 aromatic rings. The second-order valence-corrected chi connectivity index (χ2v) is 5.53. The van der Waals surface area contributed by atoms with E-state index >= 15 is 0 Å². The molecule has 1 saturated heterocycles. The van der Waals surface area contributed by atoms with E-state index in [-0.39, 0.29) is 29.5 Å². The first-order valence-electron chi connectivity index (χ1n) is 7.32. The zero-order valence-electron chi connectivity index (χ0n) is 12.8. The molecule has 2 rings (SSSR count). The highest BCUT2D eigenvalue weighted by Gasteiger charge is 2.31. The molecule has 0 radical (unpaired) electrons. The summed E-state index contributed by atoms with van der Waals surface area (Å²) in [4.78, 5) is 29.2. The molecule has 1 aliphatic rings. The van der Waals surface area contributed by atoms with Gasteiger partial charge in [-0.1, -0.05) is 0 Å². The van der Waals surface area contributed by atoms with Crippen LogP contribution in [-0.2, 0) is 4.79 Å². The molecule has 2 heterocycles. The van der Waals surface area contributed by atoms with Gasteiger partial charge in [0.2, 0.25) is 5.91 Å². The Labute approximate surface area is 129 Å². The van der Waals surface area contributed by atoms with Crippen LogP contribution in [0.25, 0.3) is 0 Å². The molecule has 22 heavy (non-hydrogen) atoms. The van der Waals surface area contributed by atoms with E-state index in [4.69, 9.17) is 0 Å². The first-order chi connectivity index (χ1) is 10.5. The minimum atomic E-state index is -0.531. The highest BCUT2D eigenvalue weighted by Crippen LogP contribution is 2.24. The van der Waals surface area contributed by atoms with E-state index in [2.05, 4.69) is 20.5 Å². The predicted octanol–water partition coefficient (Wildman–Crippen LogP) is 0.549. The summed E-state index contributed by atoms with van der Waals surface area (Å²) in [5.41, 5.74) is 0.211. The van der Waals surface area contributed by atoms with Gasteiger partial charge in [0.25, 0.3) is 5.91 Å². The normalized spacial score (nSPS) is 21.6. The topological polar surface area (TPSA) is 74.3 Å². The Bertz CT molecular complexity index is 552. The van der Waals surface area contributed by atoms with Crippen LogP contribution in [0.4, 0.5) is 4.39 Å². The second-order valence-electron chi connectivity index (χ2n) is 5.53. The first-order valence-corrected chi connectivity index (χ1v) is 7.32. The molecule has 2 atom stereocenters. The van der Waals surface area contributed by atoms with Crippen LogP contribution in [-0.4, -0.2) is 54.4 Å². The summed E-state index contributed by atoms with van der Waals surface area (Å²) < 4.78 is 13.0. The fourth-order valence-electron chi connectivity index (χ4n) is 2.75. The van der Waals surface area contributed by atoms with Gasteiger partial charge in [0.1, 0.15) is 5.82 Å². The highest BCUT2D eigenvalue weighted by atomic mass is 19.1. The minimum Gasteiger partial charge on any atom is -0.359 e. The van der Waals surface area contributed by atoms with Crippen molar-refractivity contribution in [1.29, 1.82) is 0 Å². The summed E-state index contributed by atoms with van der Waals surface area (Å²) in [5.74, 6) is -0.848. The zero-order chi connectivity index (χ0) is 16.1. The van der Waals surface area contributed by atoms with Crippen LogP contribution in [0.2, 0.25) is 0 Å². The molecular formula is C15H21FN4O2. The van der Waals surface area contributed by atoms with Gasteiger partial charge in [-0.25, -0.2) is 4.39 Å². The van der Waals surface area contributed by atoms with Gasteiger partial charge in [-0.3, -0.25) is 19.5 Å². The predicted molar refractivity (Wildman–Crippen MR) is 79.8 cm³/mol. The van der Waals surface area contributed by atoms with Crippen molar-refractivity contribution in [3.05, 3.63) is 29.8 Å². The van der Waals surface area contributed by atoms with Gasteiger partial charge in [0.05, 0.1) is 11.8 Å². The summed E-state index contributed by atoms with van der Waals surface area (Å²) in [7, 11) is 3.59. The molecule has 1 fully saturated rings. The summed E-state index contributed by atoms with van der Waals surface area (Å²) in [5, 5.41) is 5.43. The lowest BCUT2D eigenvalue weighted by Crippen LogP contribution is -2.42. The molecule has 0 aromatic carbocycles. The number of aromatic nitrogens is 1. The van der Waals surface area contributed by atoms with Crippen molar-refractivity contribution in [2.75, 3.05) is 20.6 Å². The lowest BCUT2D eigenvalue weighted by molar-refractivity contribution is -0.121. The summed E-state index contributed by atoms with van der Waals surface area (Å²) >= 11 is 0. The second kappa shape index (κ2) is 7.31. The average Bonchev–Trinajstić information content (AvgIpc) is 2.85. The summed E-state index contributed by atoms with van der Waals surface area (Å²) in [6.45, 7) is 0.468. The Morgan fingerprint density at radius 3 is 2.77 bits per heavy atom. The zero-order valence-corrected chi connectivity index (χ0v) is 12.8. The third kappa shape index (κ3) is 4.00. The molecule has 0 bridgehead atoms. The minimum absolute atomic E-state index is 0.0207. The number of nitrogens with one attached hydrogen (secondary N) is 2. The number of nitrogens with zero attached hydrogens (tertiary/aromatic N) is 2. The molecule has 120 valence electrons. The van der Waals surface area contributed by atoms with Crippen molar-refractivity contribution in [2.45, 2.75) is 31.3 Å². The number of hydrogen-bond donors (Lipinski definition) is 2. The molecule has 7 heteroatoms. The number of pyridine rings is 1. The highest BCUT2D eigenvalue weighted by molar-refractivity contribution is 5.93. The van der Waals surface area contributed by atoms with Crippen molar-refractivity contribution < 1.29 is 14.0 Å². The van der Waals surface area contributed by atoms with E-state index in [1.165, 1.54) is 6.20 Å². The number of likely N-dealkylation sites (tertiary alicyclic amines) is 1. The molecular weight excluding hydrogens is 287 g/mol. The van der Waals surface area contributed by atoms with E-state index in [0.717, 1.165) is 25.1 Å². The molecule has 1 aliphatic heterocycles. The van der Waals surface area contributed by atoms with Crippen molar-refractivity contribution in [3.63, 3.8) is 0 Å². The van der Waals surface area contributed by atoms with E-state index < -0.39 is 5.82 Å². The largest absolute Gasteiger partial charge is 0.359 e.